The summed E-state index contributed by atoms with van der Waals surface area (Å²) < 4.78 is 7.42. The number of nitrogens with one attached hydrogen (secondary N) is 1. The fourth-order valence-corrected chi connectivity index (χ4v) is 2.67. The molecule has 20 heavy (non-hydrogen) atoms. The number of benzene rings is 1. The highest BCUT2D eigenvalue weighted by molar-refractivity contribution is 5.52. The maximum Gasteiger partial charge on any atom is 0.122 e. The summed E-state index contributed by atoms with van der Waals surface area (Å²) in [6.45, 7) is 5.97. The van der Waals surface area contributed by atoms with Crippen molar-refractivity contribution >= 4 is 5.69 Å². The number of nitrogens with zero attached hydrogens (tertiary/aromatic N) is 2. The van der Waals surface area contributed by atoms with Gasteiger partial charge in [0.05, 0.1) is 12.3 Å². The van der Waals surface area contributed by atoms with Gasteiger partial charge in [0.1, 0.15) is 5.75 Å². The highest BCUT2D eigenvalue weighted by atomic mass is 16.5. The molecule has 106 valence electrons. The Hall–Kier alpha value is -1.97. The summed E-state index contributed by atoms with van der Waals surface area (Å²) in [4.78, 5) is 0. The Bertz CT molecular complexity index is 616. The van der Waals surface area contributed by atoms with Gasteiger partial charge in [-0.3, -0.25) is 4.68 Å². The fraction of sp³-hybridized carbons (Fsp3) is 0.438. The summed E-state index contributed by atoms with van der Waals surface area (Å²) in [5, 5.41) is 8.03. The number of ether oxygens (including phenoxy) is 1. The van der Waals surface area contributed by atoms with Crippen LogP contribution in [0.15, 0.2) is 24.4 Å². The molecule has 2 heterocycles. The first-order valence-electron chi connectivity index (χ1n) is 7.15. The van der Waals surface area contributed by atoms with Gasteiger partial charge in [-0.1, -0.05) is 13.8 Å². The third-order valence-corrected chi connectivity index (χ3v) is 3.66. The van der Waals surface area contributed by atoms with Crippen LogP contribution in [-0.4, -0.2) is 16.4 Å². The maximum atomic E-state index is 5.53. The van der Waals surface area contributed by atoms with Crippen molar-refractivity contribution in [2.24, 2.45) is 7.05 Å². The summed E-state index contributed by atoms with van der Waals surface area (Å²) in [5.41, 5.74) is 4.88. The molecule has 1 aliphatic rings. The number of rotatable bonds is 4. The second kappa shape index (κ2) is 5.19. The molecule has 0 unspecified atom stereocenters. The quantitative estimate of drug-likeness (QED) is 0.928. The Morgan fingerprint density at radius 1 is 1.40 bits per heavy atom. The van der Waals surface area contributed by atoms with Crippen molar-refractivity contribution in [1.29, 1.82) is 0 Å². The van der Waals surface area contributed by atoms with Crippen LogP contribution in [0.2, 0.25) is 0 Å². The first kappa shape index (κ1) is 13.0. The maximum absolute atomic E-state index is 5.53. The van der Waals surface area contributed by atoms with Crippen LogP contribution in [0.3, 0.4) is 0 Å². The number of hydrogen-bond acceptors (Lipinski definition) is 3. The van der Waals surface area contributed by atoms with Gasteiger partial charge in [0, 0.05) is 37.5 Å². The molecule has 0 spiro atoms. The summed E-state index contributed by atoms with van der Waals surface area (Å²) >= 11 is 0. The van der Waals surface area contributed by atoms with Crippen LogP contribution in [0.4, 0.5) is 5.69 Å². The topological polar surface area (TPSA) is 39.1 Å². The van der Waals surface area contributed by atoms with Gasteiger partial charge < -0.3 is 10.1 Å². The number of hydrogen-bond donors (Lipinski definition) is 1. The Morgan fingerprint density at radius 2 is 2.25 bits per heavy atom. The minimum atomic E-state index is 0.446. The van der Waals surface area contributed by atoms with E-state index >= 15 is 0 Å². The highest BCUT2D eigenvalue weighted by Gasteiger charge is 2.13. The van der Waals surface area contributed by atoms with E-state index in [2.05, 4.69) is 48.7 Å². The second-order valence-corrected chi connectivity index (χ2v) is 5.64. The molecule has 4 heteroatoms. The minimum Gasteiger partial charge on any atom is -0.493 e. The van der Waals surface area contributed by atoms with E-state index in [0.29, 0.717) is 5.92 Å². The molecule has 0 aliphatic carbocycles. The zero-order chi connectivity index (χ0) is 14.1. The molecule has 0 atom stereocenters. The van der Waals surface area contributed by atoms with Crippen molar-refractivity contribution in [2.75, 3.05) is 11.9 Å². The van der Waals surface area contributed by atoms with E-state index in [-0.39, 0.29) is 0 Å². The lowest BCUT2D eigenvalue weighted by Crippen LogP contribution is -2.02. The molecule has 1 aliphatic heterocycles. The third kappa shape index (κ3) is 2.50. The van der Waals surface area contributed by atoms with E-state index in [1.54, 1.807) is 0 Å². The van der Waals surface area contributed by atoms with Gasteiger partial charge in [-0.25, -0.2) is 0 Å². The normalized spacial score (nSPS) is 13.4. The smallest absolute Gasteiger partial charge is 0.122 e. The van der Waals surface area contributed by atoms with Crippen LogP contribution in [0.1, 0.15) is 36.6 Å². The molecule has 1 aromatic heterocycles. The lowest BCUT2D eigenvalue weighted by Gasteiger charge is -2.09. The number of anilines is 1. The average Bonchev–Trinajstić information content (AvgIpc) is 3.01. The van der Waals surface area contributed by atoms with E-state index in [1.165, 1.54) is 16.8 Å². The average molecular weight is 271 g/mol. The van der Waals surface area contributed by atoms with E-state index in [0.717, 1.165) is 31.0 Å². The Labute approximate surface area is 119 Å². The number of aryl methyl sites for hydroxylation is 1. The van der Waals surface area contributed by atoms with E-state index in [1.807, 2.05) is 11.7 Å². The Balaban J connectivity index is 1.73. The van der Waals surface area contributed by atoms with E-state index in [4.69, 9.17) is 4.74 Å². The molecule has 2 aromatic rings. The van der Waals surface area contributed by atoms with Crippen molar-refractivity contribution in [3.05, 3.63) is 41.2 Å². The molecule has 0 radical (unpaired) electrons. The van der Waals surface area contributed by atoms with Crippen LogP contribution in [0.25, 0.3) is 0 Å². The van der Waals surface area contributed by atoms with Crippen molar-refractivity contribution in [3.8, 4) is 5.75 Å². The monoisotopic (exact) mass is 271 g/mol. The Kier molecular flexibility index (Phi) is 3.38. The van der Waals surface area contributed by atoms with E-state index < -0.39 is 0 Å². The molecule has 0 fully saturated rings. The predicted octanol–water partition coefficient (Wildman–Crippen LogP) is 3.09. The van der Waals surface area contributed by atoms with Crippen LogP contribution in [0, 0.1) is 0 Å². The molecule has 0 saturated heterocycles. The highest BCUT2D eigenvalue weighted by Crippen LogP contribution is 2.28. The van der Waals surface area contributed by atoms with Crippen molar-refractivity contribution in [2.45, 2.75) is 32.7 Å². The van der Waals surface area contributed by atoms with Gasteiger partial charge in [0.15, 0.2) is 0 Å². The van der Waals surface area contributed by atoms with E-state index in [9.17, 15) is 0 Å². The molecule has 1 aromatic carbocycles. The first-order chi connectivity index (χ1) is 9.63. The van der Waals surface area contributed by atoms with Crippen molar-refractivity contribution in [3.63, 3.8) is 0 Å². The summed E-state index contributed by atoms with van der Waals surface area (Å²) in [6, 6.07) is 6.32. The molecule has 4 nitrogen and oxygen atoms in total. The largest absolute Gasteiger partial charge is 0.493 e. The van der Waals surface area contributed by atoms with Gasteiger partial charge in [0.25, 0.3) is 0 Å². The third-order valence-electron chi connectivity index (χ3n) is 3.66. The lowest BCUT2D eigenvalue weighted by molar-refractivity contribution is 0.357. The van der Waals surface area contributed by atoms with Crippen LogP contribution < -0.4 is 10.1 Å². The van der Waals surface area contributed by atoms with Gasteiger partial charge in [0.2, 0.25) is 0 Å². The minimum absolute atomic E-state index is 0.446. The van der Waals surface area contributed by atoms with Crippen molar-refractivity contribution in [1.82, 2.24) is 9.78 Å². The molecule has 3 rings (SSSR count). The zero-order valence-corrected chi connectivity index (χ0v) is 12.3. The summed E-state index contributed by atoms with van der Waals surface area (Å²) in [5.74, 6) is 1.47. The fourth-order valence-electron chi connectivity index (χ4n) is 2.67. The van der Waals surface area contributed by atoms with Crippen LogP contribution >= 0.6 is 0 Å². The predicted molar refractivity (Wildman–Crippen MR) is 80.3 cm³/mol. The Morgan fingerprint density at radius 3 is 3.05 bits per heavy atom. The van der Waals surface area contributed by atoms with Gasteiger partial charge in [-0.05, 0) is 29.7 Å². The number of fused-ring (bicyclic) bond motifs is 1. The van der Waals surface area contributed by atoms with Crippen LogP contribution in [-0.2, 0) is 20.0 Å². The standard InChI is InChI=1S/C16H21N3O/c1-11(2)16-13(10-19(3)18-16)9-17-14-4-5-15-12(8-14)6-7-20-15/h4-5,8,10-11,17H,6-7,9H2,1-3H3. The molecular weight excluding hydrogens is 250 g/mol. The lowest BCUT2D eigenvalue weighted by atomic mass is 10.1. The summed E-state index contributed by atoms with van der Waals surface area (Å²) in [7, 11) is 1.97. The molecular formula is C16H21N3O. The molecule has 1 N–H and O–H groups in total. The summed E-state index contributed by atoms with van der Waals surface area (Å²) in [6.07, 6.45) is 3.10. The second-order valence-electron chi connectivity index (χ2n) is 5.64. The van der Waals surface area contributed by atoms with Crippen molar-refractivity contribution < 1.29 is 4.74 Å². The SMILES string of the molecule is CC(C)c1nn(C)cc1CNc1ccc2c(c1)CCO2. The first-order valence-corrected chi connectivity index (χ1v) is 7.15. The molecule has 0 bridgehead atoms. The number of aromatic nitrogens is 2. The van der Waals surface area contributed by atoms with Gasteiger partial charge in [-0.2, -0.15) is 5.10 Å². The molecule has 0 amide bonds. The zero-order valence-electron chi connectivity index (χ0n) is 12.3. The van der Waals surface area contributed by atoms with Gasteiger partial charge in [-0.15, -0.1) is 0 Å². The van der Waals surface area contributed by atoms with Gasteiger partial charge >= 0.3 is 0 Å². The van der Waals surface area contributed by atoms with Crippen LogP contribution in [0.5, 0.6) is 5.75 Å². The molecule has 0 saturated carbocycles.